The second-order valence-corrected chi connectivity index (χ2v) is 10.8. The largest absolute Gasteiger partial charge is 0.480 e. The van der Waals surface area contributed by atoms with Crippen LogP contribution in [0.15, 0.2) is 29.8 Å². The zero-order chi connectivity index (χ0) is 21.9. The fourth-order valence-corrected chi connectivity index (χ4v) is 6.87. The van der Waals surface area contributed by atoms with Gasteiger partial charge in [-0.05, 0) is 35.0 Å². The van der Waals surface area contributed by atoms with E-state index < -0.39 is 28.7 Å². The number of benzene rings is 1. The van der Waals surface area contributed by atoms with E-state index in [-0.39, 0.29) is 4.08 Å². The van der Waals surface area contributed by atoms with Gasteiger partial charge in [0.2, 0.25) is 0 Å². The van der Waals surface area contributed by atoms with Crippen LogP contribution in [0.5, 0.6) is 0 Å². The van der Waals surface area contributed by atoms with Crippen LogP contribution in [-0.2, 0) is 16.0 Å². The van der Waals surface area contributed by atoms with Crippen molar-refractivity contribution < 1.29 is 30.0 Å². The summed E-state index contributed by atoms with van der Waals surface area (Å²) in [6.07, 6.45) is 2.06. The molecule has 1 heterocycles. The summed E-state index contributed by atoms with van der Waals surface area (Å²) in [5.74, 6) is -3.16. The molecule has 3 rings (SSSR count). The van der Waals surface area contributed by atoms with Crippen molar-refractivity contribution in [3.05, 3.63) is 41.0 Å². The van der Waals surface area contributed by atoms with Crippen molar-refractivity contribution in [2.45, 2.75) is 49.1 Å². The smallest absolute Gasteiger partial charge is 0.322 e. The number of aliphatic carboxylic acids is 2. The minimum Gasteiger partial charge on any atom is -0.480 e. The Morgan fingerprint density at radius 3 is 1.83 bits per heavy atom. The maximum atomic E-state index is 10.9. The Labute approximate surface area is 179 Å². The lowest BCUT2D eigenvalue weighted by atomic mass is 9.97. The van der Waals surface area contributed by atoms with Gasteiger partial charge < -0.3 is 20.4 Å². The highest BCUT2D eigenvalue weighted by Gasteiger charge is 2.49. The van der Waals surface area contributed by atoms with Crippen molar-refractivity contribution in [3.8, 4) is 0 Å². The van der Waals surface area contributed by atoms with Crippen LogP contribution in [0.2, 0.25) is 0 Å². The van der Waals surface area contributed by atoms with E-state index in [0.717, 1.165) is 11.1 Å². The first-order valence-electron chi connectivity index (χ1n) is 9.45. The van der Waals surface area contributed by atoms with Crippen molar-refractivity contribution in [2.75, 3.05) is 0 Å². The van der Waals surface area contributed by atoms with Gasteiger partial charge in [0.15, 0.2) is 5.92 Å². The Morgan fingerprint density at radius 1 is 0.966 bits per heavy atom. The molecule has 0 radical (unpaired) electrons. The molecule has 0 spiro atoms. The van der Waals surface area contributed by atoms with Crippen molar-refractivity contribution in [1.82, 2.24) is 0 Å². The van der Waals surface area contributed by atoms with E-state index in [0.29, 0.717) is 23.8 Å². The van der Waals surface area contributed by atoms with E-state index in [1.54, 1.807) is 6.08 Å². The summed E-state index contributed by atoms with van der Waals surface area (Å²) in [4.78, 5) is 21.7. The quantitative estimate of drug-likeness (QED) is 0.514. The second kappa shape index (κ2) is 9.55. The monoisotopic (exact) mass is 440 g/mol. The van der Waals surface area contributed by atoms with Gasteiger partial charge in [0.05, 0.1) is 4.08 Å². The maximum absolute atomic E-state index is 10.9. The Bertz CT molecular complexity index is 755. The molecule has 1 aromatic carbocycles. The topological polar surface area (TPSA) is 115 Å². The lowest BCUT2D eigenvalue weighted by molar-refractivity contribution is -0.152. The molecule has 1 fully saturated rings. The molecule has 1 saturated heterocycles. The van der Waals surface area contributed by atoms with E-state index in [1.165, 1.54) is 23.5 Å². The summed E-state index contributed by atoms with van der Waals surface area (Å²) >= 11 is 3.01. The Morgan fingerprint density at radius 2 is 1.45 bits per heavy atom. The van der Waals surface area contributed by atoms with Crippen molar-refractivity contribution in [1.29, 1.82) is 0 Å². The van der Waals surface area contributed by atoms with Crippen LogP contribution in [0.25, 0.3) is 6.08 Å². The maximum Gasteiger partial charge on any atom is 0.322 e. The van der Waals surface area contributed by atoms with Gasteiger partial charge in [-0.3, -0.25) is 9.59 Å². The first-order chi connectivity index (χ1) is 13.5. The third kappa shape index (κ3) is 5.17. The van der Waals surface area contributed by atoms with Gasteiger partial charge in [-0.15, -0.1) is 23.5 Å². The molecule has 4 N–H and O–H groups in total. The Kier molecular flexibility index (Phi) is 7.84. The number of hydrogen-bond donors (Lipinski definition) is 4. The number of carboxylic acid groups (broad SMARTS) is 2. The zero-order valence-corrected chi connectivity index (χ0v) is 18.5. The van der Waals surface area contributed by atoms with Crippen LogP contribution in [-0.4, -0.2) is 47.3 Å². The molecule has 0 aromatic heterocycles. The molecular weight excluding hydrogens is 412 g/mol. The van der Waals surface area contributed by atoms with Crippen molar-refractivity contribution in [2.24, 2.45) is 17.8 Å². The summed E-state index contributed by atoms with van der Waals surface area (Å²) in [6, 6.07) is 7.42. The second-order valence-electron chi connectivity index (χ2n) is 7.75. The molecule has 2 unspecified atom stereocenters. The van der Waals surface area contributed by atoms with Crippen LogP contribution in [0, 0.1) is 17.8 Å². The molecule has 0 bridgehead atoms. The van der Waals surface area contributed by atoms with Gasteiger partial charge in [0.1, 0.15) is 10.9 Å². The average Bonchev–Trinajstić information content (AvgIpc) is 3.16. The number of hydrogen-bond acceptors (Lipinski definition) is 6. The molecule has 1 aliphatic heterocycles. The average molecular weight is 441 g/mol. The van der Waals surface area contributed by atoms with E-state index in [9.17, 15) is 19.8 Å². The van der Waals surface area contributed by atoms with Gasteiger partial charge in [0.25, 0.3) is 0 Å². The highest BCUT2D eigenvalue weighted by Crippen LogP contribution is 2.58. The normalized spacial score (nSPS) is 22.3. The number of carboxylic acids is 2. The SMILES string of the molecule is CC(C)C1(C(C)C)SC(O)C(O)S1.O=C(O)C(C(=O)O)C1=Cc2ccccc2C1. The summed E-state index contributed by atoms with van der Waals surface area (Å²) in [6.45, 7) is 8.57. The van der Waals surface area contributed by atoms with Crippen LogP contribution >= 0.6 is 23.5 Å². The van der Waals surface area contributed by atoms with Crippen molar-refractivity contribution in [3.63, 3.8) is 0 Å². The van der Waals surface area contributed by atoms with E-state index >= 15 is 0 Å². The molecular formula is C21H28O6S2. The van der Waals surface area contributed by atoms with Crippen LogP contribution in [0.3, 0.4) is 0 Å². The number of rotatable bonds is 5. The summed E-state index contributed by atoms with van der Waals surface area (Å²) in [5, 5.41) is 36.8. The third-order valence-electron chi connectivity index (χ3n) is 5.12. The van der Waals surface area contributed by atoms with Crippen LogP contribution < -0.4 is 0 Å². The molecule has 29 heavy (non-hydrogen) atoms. The predicted molar refractivity (Wildman–Crippen MR) is 116 cm³/mol. The summed E-state index contributed by atoms with van der Waals surface area (Å²) in [5.41, 5.74) is 1.06. The molecule has 2 atom stereocenters. The molecule has 0 saturated carbocycles. The Hall–Kier alpha value is -1.48. The zero-order valence-electron chi connectivity index (χ0n) is 16.9. The predicted octanol–water partition coefficient (Wildman–Crippen LogP) is 3.52. The molecule has 1 aliphatic carbocycles. The van der Waals surface area contributed by atoms with Crippen LogP contribution in [0.4, 0.5) is 0 Å². The molecule has 6 nitrogen and oxygen atoms in total. The van der Waals surface area contributed by atoms with E-state index in [4.69, 9.17) is 10.2 Å². The lowest BCUT2D eigenvalue weighted by Crippen LogP contribution is -2.31. The highest BCUT2D eigenvalue weighted by atomic mass is 32.2. The minimum absolute atomic E-state index is 0.0289. The molecule has 8 heteroatoms. The van der Waals surface area contributed by atoms with Gasteiger partial charge in [-0.1, -0.05) is 58.0 Å². The van der Waals surface area contributed by atoms with Crippen molar-refractivity contribution >= 4 is 41.5 Å². The number of carbonyl (C=O) groups is 2. The summed E-state index contributed by atoms with van der Waals surface area (Å²) < 4.78 is -0.0289. The molecule has 160 valence electrons. The van der Waals surface area contributed by atoms with Gasteiger partial charge >= 0.3 is 11.9 Å². The summed E-state index contributed by atoms with van der Waals surface area (Å²) in [7, 11) is 0. The van der Waals surface area contributed by atoms with Gasteiger partial charge in [0, 0.05) is 0 Å². The molecule has 1 aromatic rings. The standard InChI is InChI=1S/C12H10O4.C9H18O2S2/c13-11(14)10(12(15)16)9-5-7-3-1-2-4-8(7)6-9;1-5(2)9(6(3)4)12-7(10)8(11)13-9/h1-5,10H,6H2,(H,13,14)(H,15,16);5-8,10-11H,1-4H3. The molecule has 2 aliphatic rings. The highest BCUT2D eigenvalue weighted by molar-refractivity contribution is 8.21. The van der Waals surface area contributed by atoms with E-state index in [1.807, 2.05) is 24.3 Å². The van der Waals surface area contributed by atoms with E-state index in [2.05, 4.69) is 27.7 Å². The first-order valence-corrected chi connectivity index (χ1v) is 11.2. The van der Waals surface area contributed by atoms with Gasteiger partial charge in [-0.25, -0.2) is 0 Å². The number of aliphatic hydroxyl groups excluding tert-OH is 2. The fourth-order valence-electron chi connectivity index (χ4n) is 3.65. The molecule has 0 amide bonds. The Balaban J connectivity index is 0.000000212. The first kappa shape index (κ1) is 23.8. The number of aliphatic hydroxyl groups is 2. The lowest BCUT2D eigenvalue weighted by Gasteiger charge is -2.35. The third-order valence-corrected chi connectivity index (χ3v) is 9.49. The fraction of sp³-hybridized carbons (Fsp3) is 0.524. The minimum atomic E-state index is -1.44. The van der Waals surface area contributed by atoms with Gasteiger partial charge in [-0.2, -0.15) is 0 Å². The van der Waals surface area contributed by atoms with Crippen LogP contribution in [0.1, 0.15) is 38.8 Å². The number of fused-ring (bicyclic) bond motifs is 1. The number of thioether (sulfide) groups is 2.